The van der Waals surface area contributed by atoms with Gasteiger partial charge in [0.15, 0.2) is 11.5 Å². The van der Waals surface area contributed by atoms with Crippen LogP contribution in [0.4, 0.5) is 4.79 Å². The van der Waals surface area contributed by atoms with Gasteiger partial charge in [0.25, 0.3) is 0 Å². The molecule has 0 aliphatic carbocycles. The average Bonchev–Trinajstić information content (AvgIpc) is 2.56. The van der Waals surface area contributed by atoms with E-state index in [1.165, 1.54) is 0 Å². The molecule has 0 saturated carbocycles. The van der Waals surface area contributed by atoms with Gasteiger partial charge < -0.3 is 20.1 Å². The fraction of sp³-hybridized carbons (Fsp3) is 0.611. The minimum Gasteiger partial charge on any atom is -0.486 e. The van der Waals surface area contributed by atoms with Crippen molar-refractivity contribution in [2.45, 2.75) is 52.6 Å². The molecule has 2 rings (SSSR count). The molecule has 1 heterocycles. The Balaban J connectivity index is 2.10. The highest BCUT2D eigenvalue weighted by atomic mass is 16.6. The van der Waals surface area contributed by atoms with Crippen molar-refractivity contribution in [2.75, 3.05) is 13.2 Å². The second-order valence-corrected chi connectivity index (χ2v) is 6.26. The molecular formula is C18H28N2O3. The average molecular weight is 320 g/mol. The topological polar surface area (TPSA) is 59.6 Å². The van der Waals surface area contributed by atoms with Crippen LogP contribution >= 0.6 is 0 Å². The van der Waals surface area contributed by atoms with E-state index in [0.29, 0.717) is 13.2 Å². The van der Waals surface area contributed by atoms with E-state index < -0.39 is 0 Å². The molecule has 1 aromatic rings. The van der Waals surface area contributed by atoms with Crippen molar-refractivity contribution >= 4 is 6.03 Å². The summed E-state index contributed by atoms with van der Waals surface area (Å²) in [4.78, 5) is 12.3. The summed E-state index contributed by atoms with van der Waals surface area (Å²) < 4.78 is 11.2. The van der Waals surface area contributed by atoms with Crippen LogP contribution in [-0.2, 0) is 0 Å². The SMILES string of the molecule is CCC(CC)NC(=O)N[C@H](c1ccc2c(c1)OCCO2)C(C)C. The van der Waals surface area contributed by atoms with E-state index >= 15 is 0 Å². The normalized spacial score (nSPS) is 14.7. The Bertz CT molecular complexity index is 527. The van der Waals surface area contributed by atoms with E-state index in [0.717, 1.165) is 29.9 Å². The molecule has 1 aliphatic heterocycles. The number of amides is 2. The van der Waals surface area contributed by atoms with E-state index in [9.17, 15) is 4.79 Å². The lowest BCUT2D eigenvalue weighted by molar-refractivity contribution is 0.171. The highest BCUT2D eigenvalue weighted by Gasteiger charge is 2.22. The molecule has 0 spiro atoms. The molecule has 0 unspecified atom stereocenters. The van der Waals surface area contributed by atoms with Gasteiger partial charge in [0.1, 0.15) is 13.2 Å². The number of nitrogens with one attached hydrogen (secondary N) is 2. The van der Waals surface area contributed by atoms with E-state index in [2.05, 4.69) is 38.3 Å². The number of hydrogen-bond acceptors (Lipinski definition) is 3. The van der Waals surface area contributed by atoms with Gasteiger partial charge in [0.05, 0.1) is 6.04 Å². The Morgan fingerprint density at radius 1 is 1.09 bits per heavy atom. The Labute approximate surface area is 138 Å². The monoisotopic (exact) mass is 320 g/mol. The largest absolute Gasteiger partial charge is 0.486 e. The zero-order valence-electron chi connectivity index (χ0n) is 14.5. The maximum atomic E-state index is 12.3. The first-order chi connectivity index (χ1) is 11.0. The van der Waals surface area contributed by atoms with Gasteiger partial charge in [-0.25, -0.2) is 4.79 Å². The third-order valence-electron chi connectivity index (χ3n) is 4.20. The van der Waals surface area contributed by atoms with Crippen LogP contribution in [0.3, 0.4) is 0 Å². The third-order valence-corrected chi connectivity index (χ3v) is 4.20. The number of carbonyl (C=O) groups excluding carboxylic acids is 1. The molecule has 128 valence electrons. The first-order valence-corrected chi connectivity index (χ1v) is 8.51. The van der Waals surface area contributed by atoms with Crippen molar-refractivity contribution in [1.82, 2.24) is 10.6 Å². The Hall–Kier alpha value is -1.91. The molecule has 0 aromatic heterocycles. The molecule has 2 N–H and O–H groups in total. The molecule has 2 amide bonds. The molecule has 5 nitrogen and oxygen atoms in total. The number of benzene rings is 1. The van der Waals surface area contributed by atoms with Crippen molar-refractivity contribution in [3.8, 4) is 11.5 Å². The second kappa shape index (κ2) is 8.09. The molecule has 1 atom stereocenters. The molecule has 0 bridgehead atoms. The van der Waals surface area contributed by atoms with Crippen molar-refractivity contribution in [3.63, 3.8) is 0 Å². The summed E-state index contributed by atoms with van der Waals surface area (Å²) in [5, 5.41) is 6.12. The molecule has 23 heavy (non-hydrogen) atoms. The highest BCUT2D eigenvalue weighted by Crippen LogP contribution is 2.34. The zero-order valence-corrected chi connectivity index (χ0v) is 14.5. The molecule has 0 saturated heterocycles. The summed E-state index contributed by atoms with van der Waals surface area (Å²) in [7, 11) is 0. The van der Waals surface area contributed by atoms with Crippen molar-refractivity contribution in [1.29, 1.82) is 0 Å². The van der Waals surface area contributed by atoms with E-state index in [-0.39, 0.29) is 24.0 Å². The number of ether oxygens (including phenoxy) is 2. The second-order valence-electron chi connectivity index (χ2n) is 6.26. The van der Waals surface area contributed by atoms with Crippen LogP contribution in [0.5, 0.6) is 11.5 Å². The van der Waals surface area contributed by atoms with Gasteiger partial charge in [-0.1, -0.05) is 33.8 Å². The zero-order chi connectivity index (χ0) is 16.8. The summed E-state index contributed by atoms with van der Waals surface area (Å²) in [5.41, 5.74) is 1.03. The summed E-state index contributed by atoms with van der Waals surface area (Å²) in [6.07, 6.45) is 1.86. The number of carbonyl (C=O) groups is 1. The first-order valence-electron chi connectivity index (χ1n) is 8.51. The summed E-state index contributed by atoms with van der Waals surface area (Å²) in [5.74, 6) is 1.79. The van der Waals surface area contributed by atoms with Gasteiger partial charge in [0.2, 0.25) is 0 Å². The van der Waals surface area contributed by atoms with Crippen LogP contribution in [0.2, 0.25) is 0 Å². The van der Waals surface area contributed by atoms with E-state index in [1.54, 1.807) is 0 Å². The molecule has 0 radical (unpaired) electrons. The lowest BCUT2D eigenvalue weighted by Gasteiger charge is -2.26. The first kappa shape index (κ1) is 17.4. The maximum Gasteiger partial charge on any atom is 0.315 e. The number of hydrogen-bond donors (Lipinski definition) is 2. The fourth-order valence-corrected chi connectivity index (χ4v) is 2.75. The Morgan fingerprint density at radius 3 is 2.35 bits per heavy atom. The summed E-state index contributed by atoms with van der Waals surface area (Å²) in [6.45, 7) is 9.49. The molecular weight excluding hydrogens is 292 g/mol. The van der Waals surface area contributed by atoms with Crippen molar-refractivity contribution in [2.24, 2.45) is 5.92 Å². The Kier molecular flexibility index (Phi) is 6.13. The standard InChI is InChI=1S/C18H28N2O3/c1-5-14(6-2)19-18(21)20-17(12(3)4)13-7-8-15-16(11-13)23-10-9-22-15/h7-8,11-12,14,17H,5-6,9-10H2,1-4H3,(H2,19,20,21)/t17-/m0/s1. The minimum atomic E-state index is -0.118. The van der Waals surface area contributed by atoms with E-state index in [4.69, 9.17) is 9.47 Å². The van der Waals surface area contributed by atoms with Gasteiger partial charge >= 0.3 is 6.03 Å². The minimum absolute atomic E-state index is 0.0693. The lowest BCUT2D eigenvalue weighted by atomic mass is 9.95. The molecule has 5 heteroatoms. The number of fused-ring (bicyclic) bond motifs is 1. The highest BCUT2D eigenvalue weighted by molar-refractivity contribution is 5.74. The van der Waals surface area contributed by atoms with Crippen LogP contribution in [-0.4, -0.2) is 25.3 Å². The van der Waals surface area contributed by atoms with Crippen molar-refractivity contribution < 1.29 is 14.3 Å². The maximum absolute atomic E-state index is 12.3. The molecule has 0 fully saturated rings. The smallest absolute Gasteiger partial charge is 0.315 e. The lowest BCUT2D eigenvalue weighted by Crippen LogP contribution is -2.44. The van der Waals surface area contributed by atoms with Gasteiger partial charge in [-0.3, -0.25) is 0 Å². The van der Waals surface area contributed by atoms with Crippen LogP contribution in [0.15, 0.2) is 18.2 Å². The summed E-state index contributed by atoms with van der Waals surface area (Å²) in [6, 6.07) is 5.90. The quantitative estimate of drug-likeness (QED) is 0.841. The van der Waals surface area contributed by atoms with E-state index in [1.807, 2.05) is 18.2 Å². The predicted molar refractivity (Wildman–Crippen MR) is 91.0 cm³/mol. The fourth-order valence-electron chi connectivity index (χ4n) is 2.75. The Morgan fingerprint density at radius 2 is 1.74 bits per heavy atom. The predicted octanol–water partition coefficient (Wildman–Crippen LogP) is 3.64. The molecule has 1 aromatic carbocycles. The number of rotatable bonds is 6. The van der Waals surface area contributed by atoms with Crippen LogP contribution in [0.1, 0.15) is 52.1 Å². The van der Waals surface area contributed by atoms with Gasteiger partial charge in [0, 0.05) is 6.04 Å². The van der Waals surface area contributed by atoms with Gasteiger partial charge in [-0.05, 0) is 36.5 Å². The van der Waals surface area contributed by atoms with Crippen LogP contribution in [0, 0.1) is 5.92 Å². The van der Waals surface area contributed by atoms with Gasteiger partial charge in [-0.2, -0.15) is 0 Å². The van der Waals surface area contributed by atoms with Crippen LogP contribution < -0.4 is 20.1 Å². The molecule has 1 aliphatic rings. The van der Waals surface area contributed by atoms with Gasteiger partial charge in [-0.15, -0.1) is 0 Å². The number of urea groups is 1. The van der Waals surface area contributed by atoms with Crippen LogP contribution in [0.25, 0.3) is 0 Å². The summed E-state index contributed by atoms with van der Waals surface area (Å²) >= 11 is 0. The third kappa shape index (κ3) is 4.53. The van der Waals surface area contributed by atoms with Crippen molar-refractivity contribution in [3.05, 3.63) is 23.8 Å².